The average molecular weight is 414 g/mol. The van der Waals surface area contributed by atoms with E-state index in [1.807, 2.05) is 24.3 Å². The van der Waals surface area contributed by atoms with Crippen LogP contribution in [0.4, 0.5) is 5.82 Å². The van der Waals surface area contributed by atoms with Gasteiger partial charge in [0.2, 0.25) is 0 Å². The normalized spacial score (nSPS) is 19.8. The number of nitrogens with zero attached hydrogens (tertiary/aromatic N) is 4. The van der Waals surface area contributed by atoms with E-state index >= 15 is 0 Å². The number of hydrogen-bond acceptors (Lipinski definition) is 4. The Kier molecular flexibility index (Phi) is 4.33. The standard InChI is InChI=1S/C25H27N5O/c1-16-5-4-13-29(14-12-16)22-11-8-17-15-19(25(31)26-18-9-10-18)24-27-20-6-2-3-7-21(20)30(24)23(17)28-22/h2-3,6-8,11,15-16,18H,4-5,9-10,12-14H2,1H3,(H,26,31). The van der Waals surface area contributed by atoms with Gasteiger partial charge >= 0.3 is 0 Å². The molecule has 1 amide bonds. The molecule has 2 aliphatic rings. The highest BCUT2D eigenvalue weighted by Crippen LogP contribution is 2.29. The minimum absolute atomic E-state index is 0.0460. The van der Waals surface area contributed by atoms with Gasteiger partial charge in [0.1, 0.15) is 11.5 Å². The van der Waals surface area contributed by atoms with E-state index in [0.29, 0.717) is 17.3 Å². The molecule has 0 bridgehead atoms. The smallest absolute Gasteiger partial charge is 0.255 e. The van der Waals surface area contributed by atoms with E-state index < -0.39 is 0 Å². The van der Waals surface area contributed by atoms with Crippen LogP contribution in [0.3, 0.4) is 0 Å². The number of benzene rings is 1. The van der Waals surface area contributed by atoms with Crippen LogP contribution >= 0.6 is 0 Å². The fourth-order valence-electron chi connectivity index (χ4n) is 4.71. The lowest BCUT2D eigenvalue weighted by molar-refractivity contribution is 0.0952. The molecule has 1 saturated carbocycles. The number of carbonyl (C=O) groups is 1. The minimum atomic E-state index is -0.0460. The molecular formula is C25H27N5O. The molecule has 1 atom stereocenters. The zero-order chi connectivity index (χ0) is 20.9. The lowest BCUT2D eigenvalue weighted by Crippen LogP contribution is -2.26. The van der Waals surface area contributed by atoms with Gasteiger partial charge in [0.05, 0.1) is 16.6 Å². The van der Waals surface area contributed by atoms with Crippen LogP contribution in [0.5, 0.6) is 0 Å². The lowest BCUT2D eigenvalue weighted by Gasteiger charge is -2.22. The molecule has 1 unspecified atom stereocenters. The fourth-order valence-corrected chi connectivity index (χ4v) is 4.71. The summed E-state index contributed by atoms with van der Waals surface area (Å²) in [6.07, 6.45) is 5.80. The molecular weight excluding hydrogens is 386 g/mol. The van der Waals surface area contributed by atoms with Crippen molar-refractivity contribution in [3.63, 3.8) is 0 Å². The number of hydrogen-bond donors (Lipinski definition) is 1. The van der Waals surface area contributed by atoms with Crippen LogP contribution in [0, 0.1) is 5.92 Å². The molecule has 1 N–H and O–H groups in total. The molecule has 1 aromatic carbocycles. The van der Waals surface area contributed by atoms with Gasteiger partial charge in [-0.25, -0.2) is 9.97 Å². The average Bonchev–Trinajstić information content (AvgIpc) is 3.55. The molecule has 6 heteroatoms. The maximum atomic E-state index is 13.0. The van der Waals surface area contributed by atoms with Crippen molar-refractivity contribution in [1.29, 1.82) is 0 Å². The van der Waals surface area contributed by atoms with Gasteiger partial charge in [0.25, 0.3) is 5.91 Å². The number of imidazole rings is 1. The Morgan fingerprint density at radius 3 is 2.74 bits per heavy atom. The predicted molar refractivity (Wildman–Crippen MR) is 124 cm³/mol. The minimum Gasteiger partial charge on any atom is -0.357 e. The van der Waals surface area contributed by atoms with Gasteiger partial charge in [-0.15, -0.1) is 0 Å². The number of para-hydroxylation sites is 2. The van der Waals surface area contributed by atoms with Gasteiger partial charge in [0, 0.05) is 24.5 Å². The van der Waals surface area contributed by atoms with Gasteiger partial charge in [-0.05, 0) is 68.4 Å². The highest BCUT2D eigenvalue weighted by atomic mass is 16.1. The van der Waals surface area contributed by atoms with Gasteiger partial charge in [-0.1, -0.05) is 19.1 Å². The Morgan fingerprint density at radius 1 is 1.00 bits per heavy atom. The topological polar surface area (TPSA) is 62.5 Å². The van der Waals surface area contributed by atoms with E-state index in [4.69, 9.17) is 9.97 Å². The highest BCUT2D eigenvalue weighted by molar-refractivity contribution is 6.05. The van der Waals surface area contributed by atoms with Crippen molar-refractivity contribution in [2.24, 2.45) is 5.92 Å². The van der Waals surface area contributed by atoms with Gasteiger partial charge < -0.3 is 10.2 Å². The maximum absolute atomic E-state index is 13.0. The summed E-state index contributed by atoms with van der Waals surface area (Å²) in [6.45, 7) is 4.42. The summed E-state index contributed by atoms with van der Waals surface area (Å²) in [4.78, 5) is 25.4. The molecule has 6 rings (SSSR count). The predicted octanol–water partition coefficient (Wildman–Crippen LogP) is 4.55. The Hall–Kier alpha value is -3.15. The molecule has 3 aromatic heterocycles. The monoisotopic (exact) mass is 413 g/mol. The van der Waals surface area contributed by atoms with Crippen LogP contribution in [0.15, 0.2) is 42.5 Å². The van der Waals surface area contributed by atoms with Crippen molar-refractivity contribution in [3.05, 3.63) is 48.0 Å². The summed E-state index contributed by atoms with van der Waals surface area (Å²) in [7, 11) is 0. The third-order valence-corrected chi connectivity index (χ3v) is 6.70. The van der Waals surface area contributed by atoms with Crippen molar-refractivity contribution in [2.75, 3.05) is 18.0 Å². The molecule has 4 heterocycles. The summed E-state index contributed by atoms with van der Waals surface area (Å²) >= 11 is 0. The second kappa shape index (κ2) is 7.22. The fraction of sp³-hybridized carbons (Fsp3) is 0.400. The van der Waals surface area contributed by atoms with E-state index in [2.05, 4.69) is 39.7 Å². The second-order valence-electron chi connectivity index (χ2n) is 9.17. The van der Waals surface area contributed by atoms with Gasteiger partial charge in [-0.2, -0.15) is 0 Å². The van der Waals surface area contributed by atoms with Crippen LogP contribution < -0.4 is 10.2 Å². The number of pyridine rings is 2. The molecule has 1 aliphatic carbocycles. The number of anilines is 1. The third-order valence-electron chi connectivity index (χ3n) is 6.70. The highest BCUT2D eigenvalue weighted by Gasteiger charge is 2.26. The number of carbonyl (C=O) groups excluding carboxylic acids is 1. The van der Waals surface area contributed by atoms with E-state index in [1.54, 1.807) is 0 Å². The molecule has 1 aliphatic heterocycles. The Morgan fingerprint density at radius 2 is 1.87 bits per heavy atom. The summed E-state index contributed by atoms with van der Waals surface area (Å²) in [5.74, 6) is 1.73. The Labute approximate surface area is 181 Å². The number of amides is 1. The Bertz CT molecular complexity index is 1310. The number of nitrogens with one attached hydrogen (secondary N) is 1. The van der Waals surface area contributed by atoms with Gasteiger partial charge in [-0.3, -0.25) is 9.20 Å². The Balaban J connectivity index is 1.55. The molecule has 158 valence electrons. The van der Waals surface area contributed by atoms with E-state index in [1.165, 1.54) is 19.3 Å². The first-order valence-electron chi connectivity index (χ1n) is 11.4. The number of rotatable bonds is 3. The van der Waals surface area contributed by atoms with Crippen molar-refractivity contribution >= 4 is 39.4 Å². The molecule has 2 fully saturated rings. The molecule has 31 heavy (non-hydrogen) atoms. The van der Waals surface area contributed by atoms with Crippen molar-refractivity contribution in [2.45, 2.75) is 45.1 Å². The van der Waals surface area contributed by atoms with Crippen LogP contribution in [0.1, 0.15) is 49.4 Å². The third kappa shape index (κ3) is 3.30. The summed E-state index contributed by atoms with van der Waals surface area (Å²) < 4.78 is 2.07. The molecule has 6 nitrogen and oxygen atoms in total. The molecule has 0 spiro atoms. The van der Waals surface area contributed by atoms with Crippen LogP contribution in [-0.2, 0) is 0 Å². The zero-order valence-corrected chi connectivity index (χ0v) is 17.8. The molecule has 0 radical (unpaired) electrons. The van der Waals surface area contributed by atoms with E-state index in [0.717, 1.165) is 59.7 Å². The second-order valence-corrected chi connectivity index (χ2v) is 9.17. The van der Waals surface area contributed by atoms with E-state index in [9.17, 15) is 4.79 Å². The molecule has 4 aromatic rings. The quantitative estimate of drug-likeness (QED) is 0.535. The van der Waals surface area contributed by atoms with Crippen LogP contribution in [0.2, 0.25) is 0 Å². The SMILES string of the molecule is CC1CCCN(c2ccc3cc(C(=O)NC4CC4)c4nc5ccccc5n4c3n2)CC1. The van der Waals surface area contributed by atoms with Crippen molar-refractivity contribution in [3.8, 4) is 0 Å². The first-order valence-corrected chi connectivity index (χ1v) is 11.4. The number of aromatic nitrogens is 3. The van der Waals surface area contributed by atoms with Crippen LogP contribution in [0.25, 0.3) is 27.7 Å². The van der Waals surface area contributed by atoms with E-state index in [-0.39, 0.29) is 5.91 Å². The van der Waals surface area contributed by atoms with Crippen molar-refractivity contribution in [1.82, 2.24) is 19.7 Å². The first-order chi connectivity index (χ1) is 15.2. The number of fused-ring (bicyclic) bond motifs is 5. The van der Waals surface area contributed by atoms with Gasteiger partial charge in [0.15, 0.2) is 5.65 Å². The summed E-state index contributed by atoms with van der Waals surface area (Å²) in [5.41, 5.74) is 4.03. The lowest BCUT2D eigenvalue weighted by atomic mass is 10.0. The molecule has 1 saturated heterocycles. The van der Waals surface area contributed by atoms with Crippen LogP contribution in [-0.4, -0.2) is 39.4 Å². The zero-order valence-electron chi connectivity index (χ0n) is 17.8. The maximum Gasteiger partial charge on any atom is 0.255 e. The summed E-state index contributed by atoms with van der Waals surface area (Å²) in [6, 6.07) is 14.5. The largest absolute Gasteiger partial charge is 0.357 e. The summed E-state index contributed by atoms with van der Waals surface area (Å²) in [5, 5.41) is 4.09. The van der Waals surface area contributed by atoms with Crippen molar-refractivity contribution < 1.29 is 4.79 Å². The first kappa shape index (κ1) is 18.6.